The van der Waals surface area contributed by atoms with E-state index < -0.39 is 0 Å². The summed E-state index contributed by atoms with van der Waals surface area (Å²) in [5.74, 6) is 0. The van der Waals surface area contributed by atoms with E-state index in [0.29, 0.717) is 19.7 Å². The second kappa shape index (κ2) is 6.04. The van der Waals surface area contributed by atoms with Gasteiger partial charge in [0.05, 0.1) is 6.54 Å². The van der Waals surface area contributed by atoms with Gasteiger partial charge in [-0.25, -0.2) is 4.79 Å². The zero-order valence-electron chi connectivity index (χ0n) is 13.7. The van der Waals surface area contributed by atoms with Crippen molar-refractivity contribution in [2.75, 3.05) is 6.54 Å². The zero-order valence-corrected chi connectivity index (χ0v) is 13.7. The van der Waals surface area contributed by atoms with Gasteiger partial charge in [0.2, 0.25) is 0 Å². The quantitative estimate of drug-likeness (QED) is 0.718. The highest BCUT2D eigenvalue weighted by Gasteiger charge is 2.26. The van der Waals surface area contributed by atoms with Crippen LogP contribution < -0.4 is 0 Å². The van der Waals surface area contributed by atoms with Gasteiger partial charge in [-0.1, -0.05) is 48.5 Å². The van der Waals surface area contributed by atoms with Crippen LogP contribution in [-0.4, -0.2) is 22.1 Å². The Hall–Kier alpha value is -2.75. The fraction of sp³-hybridized carbons (Fsp3) is 0.250. The van der Waals surface area contributed by atoms with E-state index in [9.17, 15) is 4.79 Å². The van der Waals surface area contributed by atoms with E-state index >= 15 is 0 Å². The number of para-hydroxylation sites is 1. The topological polar surface area (TPSA) is 34.5 Å². The Balaban J connectivity index is 1.51. The first-order valence-electron chi connectivity index (χ1n) is 8.25. The maximum atomic E-state index is 12.4. The second-order valence-corrected chi connectivity index (χ2v) is 6.21. The third-order valence-electron chi connectivity index (χ3n) is 4.78. The van der Waals surface area contributed by atoms with Crippen LogP contribution in [0.15, 0.2) is 54.6 Å². The van der Waals surface area contributed by atoms with Gasteiger partial charge in [-0.05, 0) is 23.6 Å². The molecule has 4 nitrogen and oxygen atoms in total. The molecular formula is C20H20N2O2. The van der Waals surface area contributed by atoms with Gasteiger partial charge in [-0.15, -0.1) is 0 Å². The highest BCUT2D eigenvalue weighted by molar-refractivity contribution is 5.86. The number of aryl methyl sites for hydroxylation is 1. The molecule has 2 aromatic carbocycles. The first-order chi connectivity index (χ1) is 11.7. The molecule has 0 saturated carbocycles. The van der Waals surface area contributed by atoms with Gasteiger partial charge in [0.15, 0.2) is 0 Å². The molecule has 1 aromatic heterocycles. The van der Waals surface area contributed by atoms with Crippen LogP contribution in [0, 0.1) is 0 Å². The van der Waals surface area contributed by atoms with Gasteiger partial charge in [0.25, 0.3) is 0 Å². The van der Waals surface area contributed by atoms with E-state index in [0.717, 1.165) is 12.0 Å². The molecule has 3 aromatic rings. The van der Waals surface area contributed by atoms with Crippen molar-refractivity contribution >= 4 is 17.0 Å². The maximum absolute atomic E-state index is 12.4. The smallest absolute Gasteiger partial charge is 0.410 e. The summed E-state index contributed by atoms with van der Waals surface area (Å²) in [6.07, 6.45) is 0.631. The monoisotopic (exact) mass is 320 g/mol. The zero-order chi connectivity index (χ0) is 16.5. The summed E-state index contributed by atoms with van der Waals surface area (Å²) in [5.41, 5.74) is 4.80. The molecule has 2 heterocycles. The van der Waals surface area contributed by atoms with E-state index in [1.165, 1.54) is 22.2 Å². The molecule has 0 bridgehead atoms. The minimum Gasteiger partial charge on any atom is -0.445 e. The van der Waals surface area contributed by atoms with Crippen LogP contribution >= 0.6 is 0 Å². The first-order valence-corrected chi connectivity index (χ1v) is 8.25. The number of fused-ring (bicyclic) bond motifs is 3. The van der Waals surface area contributed by atoms with Crippen LogP contribution in [0.5, 0.6) is 0 Å². The van der Waals surface area contributed by atoms with E-state index in [1.807, 2.05) is 30.3 Å². The van der Waals surface area contributed by atoms with Gasteiger partial charge in [-0.2, -0.15) is 0 Å². The van der Waals surface area contributed by atoms with Crippen molar-refractivity contribution < 1.29 is 9.53 Å². The lowest BCUT2D eigenvalue weighted by Gasteiger charge is -2.27. The van der Waals surface area contributed by atoms with Crippen molar-refractivity contribution in [3.05, 3.63) is 71.4 Å². The third kappa shape index (κ3) is 2.54. The predicted molar refractivity (Wildman–Crippen MR) is 93.7 cm³/mol. The number of nitrogens with zero attached hydrogens (tertiary/aromatic N) is 2. The molecule has 24 heavy (non-hydrogen) atoms. The third-order valence-corrected chi connectivity index (χ3v) is 4.78. The summed E-state index contributed by atoms with van der Waals surface area (Å²) in [6.45, 7) is 1.63. The molecule has 4 rings (SSSR count). The second-order valence-electron chi connectivity index (χ2n) is 6.21. The molecule has 0 radical (unpaired) electrons. The highest BCUT2D eigenvalue weighted by atomic mass is 16.6. The van der Waals surface area contributed by atoms with E-state index in [-0.39, 0.29) is 6.09 Å². The maximum Gasteiger partial charge on any atom is 0.410 e. The van der Waals surface area contributed by atoms with Crippen LogP contribution in [0.25, 0.3) is 10.9 Å². The number of carbonyl (C=O) groups is 1. The standard InChI is InChI=1S/C20H20N2O2/c1-21-18-10-6-5-9-16(18)17-11-12-22(13-19(17)21)20(23)24-14-15-7-3-2-4-8-15/h2-10H,11-14H2,1H3. The van der Waals surface area contributed by atoms with Crippen molar-refractivity contribution in [1.29, 1.82) is 0 Å². The Labute approximate surface area is 141 Å². The average molecular weight is 320 g/mol. The first kappa shape index (κ1) is 14.8. The summed E-state index contributed by atoms with van der Waals surface area (Å²) >= 11 is 0. The van der Waals surface area contributed by atoms with Gasteiger partial charge in [-0.3, -0.25) is 0 Å². The largest absolute Gasteiger partial charge is 0.445 e. The molecular weight excluding hydrogens is 300 g/mol. The Morgan fingerprint density at radius 2 is 1.83 bits per heavy atom. The van der Waals surface area contributed by atoms with E-state index in [2.05, 4.69) is 35.9 Å². The summed E-state index contributed by atoms with van der Waals surface area (Å²) in [7, 11) is 2.07. The molecule has 0 aliphatic carbocycles. The normalized spacial score (nSPS) is 13.8. The number of amides is 1. The molecule has 0 fully saturated rings. The number of rotatable bonds is 2. The molecule has 0 saturated heterocycles. The van der Waals surface area contributed by atoms with Crippen molar-refractivity contribution in [3.63, 3.8) is 0 Å². The molecule has 122 valence electrons. The summed E-state index contributed by atoms with van der Waals surface area (Å²) in [4.78, 5) is 14.2. The molecule has 0 N–H and O–H groups in total. The Kier molecular flexibility index (Phi) is 3.73. The molecule has 1 aliphatic heterocycles. The molecule has 0 unspecified atom stereocenters. The minimum absolute atomic E-state index is 0.241. The van der Waals surface area contributed by atoms with E-state index in [4.69, 9.17) is 4.74 Å². The van der Waals surface area contributed by atoms with Crippen LogP contribution in [0.1, 0.15) is 16.8 Å². The van der Waals surface area contributed by atoms with Crippen molar-refractivity contribution in [1.82, 2.24) is 9.47 Å². The van der Waals surface area contributed by atoms with Gasteiger partial charge < -0.3 is 14.2 Å². The Morgan fingerprint density at radius 3 is 2.67 bits per heavy atom. The number of hydrogen-bond acceptors (Lipinski definition) is 2. The fourth-order valence-corrected chi connectivity index (χ4v) is 3.48. The predicted octanol–water partition coefficient (Wildman–Crippen LogP) is 3.87. The molecule has 0 spiro atoms. The lowest BCUT2D eigenvalue weighted by atomic mass is 10.0. The average Bonchev–Trinajstić information content (AvgIpc) is 2.93. The van der Waals surface area contributed by atoms with Gasteiger partial charge in [0.1, 0.15) is 6.61 Å². The molecule has 4 heteroatoms. The number of hydrogen-bond donors (Lipinski definition) is 0. The SMILES string of the molecule is Cn1c2c(c3ccccc31)CCN(C(=O)OCc1ccccc1)C2. The van der Waals surface area contributed by atoms with Gasteiger partial charge in [0, 0.05) is 30.2 Å². The van der Waals surface area contributed by atoms with E-state index in [1.54, 1.807) is 4.90 Å². The molecule has 1 aliphatic rings. The minimum atomic E-state index is -0.241. The molecule has 0 atom stereocenters. The Morgan fingerprint density at radius 1 is 1.08 bits per heavy atom. The van der Waals surface area contributed by atoms with Crippen LogP contribution in [-0.2, 0) is 31.4 Å². The van der Waals surface area contributed by atoms with Gasteiger partial charge >= 0.3 is 6.09 Å². The summed E-state index contributed by atoms with van der Waals surface area (Å²) in [6, 6.07) is 18.2. The number of aromatic nitrogens is 1. The number of carbonyl (C=O) groups excluding carboxylic acids is 1. The van der Waals surface area contributed by atoms with Crippen LogP contribution in [0.4, 0.5) is 4.79 Å². The summed E-state index contributed by atoms with van der Waals surface area (Å²) in [5, 5.41) is 1.30. The lowest BCUT2D eigenvalue weighted by Crippen LogP contribution is -2.36. The van der Waals surface area contributed by atoms with Crippen LogP contribution in [0.2, 0.25) is 0 Å². The summed E-state index contributed by atoms with van der Waals surface area (Å²) < 4.78 is 7.67. The highest BCUT2D eigenvalue weighted by Crippen LogP contribution is 2.30. The Bertz CT molecular complexity index is 883. The van der Waals surface area contributed by atoms with Crippen molar-refractivity contribution in [2.45, 2.75) is 19.6 Å². The lowest BCUT2D eigenvalue weighted by molar-refractivity contribution is 0.0911. The number of ether oxygens (including phenoxy) is 1. The van der Waals surface area contributed by atoms with Crippen molar-refractivity contribution in [3.8, 4) is 0 Å². The van der Waals surface area contributed by atoms with Crippen molar-refractivity contribution in [2.24, 2.45) is 7.05 Å². The molecule has 1 amide bonds. The number of benzene rings is 2. The fourth-order valence-electron chi connectivity index (χ4n) is 3.48. The van der Waals surface area contributed by atoms with Crippen LogP contribution in [0.3, 0.4) is 0 Å².